The lowest BCUT2D eigenvalue weighted by Crippen LogP contribution is -2.55. The summed E-state index contributed by atoms with van der Waals surface area (Å²) in [6.07, 6.45) is 3.35. The van der Waals surface area contributed by atoms with Gasteiger partial charge >= 0.3 is 6.09 Å². The van der Waals surface area contributed by atoms with Crippen LogP contribution in [0.4, 0.5) is 15.0 Å². The Bertz CT molecular complexity index is 1200. The number of aromatic nitrogens is 2. The van der Waals surface area contributed by atoms with E-state index in [9.17, 15) is 14.0 Å². The molecule has 2 aromatic heterocycles. The van der Waals surface area contributed by atoms with Crippen LogP contribution in [0.2, 0.25) is 0 Å². The number of nitrogens with one attached hydrogen (secondary N) is 1. The lowest BCUT2D eigenvalue weighted by molar-refractivity contribution is 0.0457. The molecule has 2 amide bonds. The zero-order valence-electron chi connectivity index (χ0n) is 17.9. The maximum absolute atomic E-state index is 13.4. The number of carbonyl (C=O) groups excluding carboxylic acids is 2. The van der Waals surface area contributed by atoms with E-state index in [1.807, 2.05) is 12.1 Å². The molecular formula is C23H24FN5O4. The first-order valence-electron chi connectivity index (χ1n) is 10.9. The van der Waals surface area contributed by atoms with Crippen LogP contribution in [-0.2, 0) is 11.3 Å². The number of benzene rings is 1. The van der Waals surface area contributed by atoms with Gasteiger partial charge in [0, 0.05) is 30.6 Å². The molecule has 33 heavy (non-hydrogen) atoms. The summed E-state index contributed by atoms with van der Waals surface area (Å²) in [5.41, 5.74) is 6.13. The van der Waals surface area contributed by atoms with Crippen LogP contribution >= 0.6 is 0 Å². The third kappa shape index (κ3) is 4.46. The number of nitrogens with zero attached hydrogens (tertiary/aromatic N) is 3. The molecule has 1 saturated heterocycles. The van der Waals surface area contributed by atoms with Crippen LogP contribution in [0.5, 0.6) is 0 Å². The fourth-order valence-electron chi connectivity index (χ4n) is 4.81. The van der Waals surface area contributed by atoms with Crippen molar-refractivity contribution in [1.82, 2.24) is 15.5 Å². The van der Waals surface area contributed by atoms with E-state index in [1.54, 1.807) is 6.07 Å². The zero-order chi connectivity index (χ0) is 23.0. The number of pyridine rings is 1. The Balaban J connectivity index is 1.08. The SMILES string of the molecule is NC(=O)c1cc(COC(=O)NC2CC3(CCN(c4ccc5cc(F)ccc5n4)CC3)C2)on1. The number of hydrogen-bond donors (Lipinski definition) is 2. The molecular weight excluding hydrogens is 429 g/mol. The Morgan fingerprint density at radius 2 is 2.00 bits per heavy atom. The van der Waals surface area contributed by atoms with Gasteiger partial charge in [0.25, 0.3) is 5.91 Å². The molecule has 3 heterocycles. The Morgan fingerprint density at radius 3 is 2.73 bits per heavy atom. The summed E-state index contributed by atoms with van der Waals surface area (Å²) in [6, 6.07) is 9.92. The number of alkyl carbamates (subject to hydrolysis) is 1. The van der Waals surface area contributed by atoms with Gasteiger partial charge in [0.05, 0.1) is 5.52 Å². The van der Waals surface area contributed by atoms with Gasteiger partial charge in [0.1, 0.15) is 11.6 Å². The minimum absolute atomic E-state index is 0.00549. The third-order valence-corrected chi connectivity index (χ3v) is 6.62. The predicted molar refractivity (Wildman–Crippen MR) is 117 cm³/mol. The van der Waals surface area contributed by atoms with Crippen molar-refractivity contribution in [2.24, 2.45) is 11.1 Å². The van der Waals surface area contributed by atoms with Crippen LogP contribution in [-0.4, -0.2) is 41.3 Å². The van der Waals surface area contributed by atoms with Crippen molar-refractivity contribution in [2.75, 3.05) is 18.0 Å². The number of ether oxygens (including phenoxy) is 1. The maximum atomic E-state index is 13.4. The standard InChI is InChI=1S/C23H24FN5O4/c24-15-2-3-18-14(9-15)1-4-20(27-18)29-7-5-23(6-8-29)11-16(12-23)26-22(31)32-13-17-10-19(21(25)30)28-33-17/h1-4,9-10,16H,5-8,11-13H2,(H2,25,30)(H,26,31). The molecule has 1 aliphatic carbocycles. The van der Waals surface area contributed by atoms with Gasteiger partial charge < -0.3 is 25.2 Å². The molecule has 2 fully saturated rings. The van der Waals surface area contributed by atoms with Gasteiger partial charge in [-0.1, -0.05) is 5.16 Å². The summed E-state index contributed by atoms with van der Waals surface area (Å²) < 4.78 is 23.4. The second kappa shape index (κ2) is 8.34. The number of rotatable bonds is 5. The number of fused-ring (bicyclic) bond motifs is 1. The van der Waals surface area contributed by atoms with Crippen molar-refractivity contribution in [3.05, 3.63) is 53.7 Å². The molecule has 9 nitrogen and oxygen atoms in total. The molecule has 0 bridgehead atoms. The Labute approximate surface area is 189 Å². The molecule has 10 heteroatoms. The summed E-state index contributed by atoms with van der Waals surface area (Å²) in [5.74, 6) is 0.202. The maximum Gasteiger partial charge on any atom is 0.407 e. The number of halogens is 1. The first-order valence-corrected chi connectivity index (χ1v) is 10.9. The molecule has 1 saturated carbocycles. The van der Waals surface area contributed by atoms with Crippen LogP contribution in [0.25, 0.3) is 10.9 Å². The quantitative estimate of drug-likeness (QED) is 0.608. The fraction of sp³-hybridized carbons (Fsp3) is 0.391. The number of hydrogen-bond acceptors (Lipinski definition) is 7. The highest BCUT2D eigenvalue weighted by atomic mass is 19.1. The Kier molecular flexibility index (Phi) is 5.35. The molecule has 5 rings (SSSR count). The van der Waals surface area contributed by atoms with Crippen molar-refractivity contribution >= 4 is 28.7 Å². The highest BCUT2D eigenvalue weighted by Gasteiger charge is 2.46. The summed E-state index contributed by atoms with van der Waals surface area (Å²) in [4.78, 5) is 30.0. The van der Waals surface area contributed by atoms with Gasteiger partial charge in [0.15, 0.2) is 18.1 Å². The topological polar surface area (TPSA) is 124 Å². The Morgan fingerprint density at radius 1 is 1.21 bits per heavy atom. The van der Waals surface area contributed by atoms with Crippen molar-refractivity contribution in [3.8, 4) is 0 Å². The van der Waals surface area contributed by atoms with Crippen LogP contribution < -0.4 is 16.0 Å². The van der Waals surface area contributed by atoms with Crippen molar-refractivity contribution in [1.29, 1.82) is 0 Å². The predicted octanol–water partition coefficient (Wildman–Crippen LogP) is 3.14. The molecule has 1 aromatic carbocycles. The third-order valence-electron chi connectivity index (χ3n) is 6.62. The molecule has 0 radical (unpaired) electrons. The van der Waals surface area contributed by atoms with Gasteiger partial charge in [-0.3, -0.25) is 4.79 Å². The summed E-state index contributed by atoms with van der Waals surface area (Å²) in [7, 11) is 0. The minimum atomic E-state index is -0.702. The van der Waals surface area contributed by atoms with E-state index in [2.05, 4.69) is 15.4 Å². The first-order chi connectivity index (χ1) is 15.9. The second-order valence-electron chi connectivity index (χ2n) is 8.86. The van der Waals surface area contributed by atoms with E-state index in [0.29, 0.717) is 0 Å². The summed E-state index contributed by atoms with van der Waals surface area (Å²) in [5, 5.41) is 7.18. The molecule has 1 spiro atoms. The highest BCUT2D eigenvalue weighted by Crippen LogP contribution is 2.49. The average Bonchev–Trinajstić information content (AvgIpc) is 3.26. The molecule has 3 aromatic rings. The second-order valence-corrected chi connectivity index (χ2v) is 8.86. The lowest BCUT2D eigenvalue weighted by atomic mass is 9.60. The van der Waals surface area contributed by atoms with Gasteiger partial charge in [-0.15, -0.1) is 0 Å². The summed E-state index contributed by atoms with van der Waals surface area (Å²) in [6.45, 7) is 1.67. The Hall–Kier alpha value is -3.69. The van der Waals surface area contributed by atoms with E-state index >= 15 is 0 Å². The lowest BCUT2D eigenvalue weighted by Gasteiger charge is -2.52. The van der Waals surface area contributed by atoms with Gasteiger partial charge in [-0.2, -0.15) is 0 Å². The van der Waals surface area contributed by atoms with E-state index < -0.39 is 12.0 Å². The average molecular weight is 453 g/mol. The number of anilines is 1. The van der Waals surface area contributed by atoms with Crippen LogP contribution in [0.1, 0.15) is 41.9 Å². The van der Waals surface area contributed by atoms with Crippen molar-refractivity contribution in [3.63, 3.8) is 0 Å². The van der Waals surface area contributed by atoms with Crippen LogP contribution in [0.3, 0.4) is 0 Å². The number of nitrogens with two attached hydrogens (primary N) is 1. The normalized spacial score (nSPS) is 17.7. The first kappa shape index (κ1) is 21.2. The van der Waals surface area contributed by atoms with Gasteiger partial charge in [0.2, 0.25) is 0 Å². The van der Waals surface area contributed by atoms with E-state index in [-0.39, 0.29) is 35.3 Å². The monoisotopic (exact) mass is 453 g/mol. The van der Waals surface area contributed by atoms with Crippen LogP contribution in [0, 0.1) is 11.2 Å². The smallest absolute Gasteiger partial charge is 0.407 e. The molecule has 0 atom stereocenters. The largest absolute Gasteiger partial charge is 0.441 e. The number of carbonyl (C=O) groups is 2. The number of piperidine rings is 1. The molecule has 3 N–H and O–H groups in total. The van der Waals surface area contributed by atoms with Gasteiger partial charge in [-0.05, 0) is 61.4 Å². The van der Waals surface area contributed by atoms with Crippen molar-refractivity contribution in [2.45, 2.75) is 38.3 Å². The van der Waals surface area contributed by atoms with E-state index in [1.165, 1.54) is 18.2 Å². The van der Waals surface area contributed by atoms with Crippen molar-refractivity contribution < 1.29 is 23.2 Å². The zero-order valence-corrected chi connectivity index (χ0v) is 17.9. The number of primary amides is 1. The van der Waals surface area contributed by atoms with E-state index in [0.717, 1.165) is 55.5 Å². The highest BCUT2D eigenvalue weighted by molar-refractivity contribution is 5.90. The van der Waals surface area contributed by atoms with Crippen LogP contribution in [0.15, 0.2) is 40.9 Å². The molecule has 0 unspecified atom stereocenters. The summed E-state index contributed by atoms with van der Waals surface area (Å²) >= 11 is 0. The number of amides is 2. The van der Waals surface area contributed by atoms with E-state index in [4.69, 9.17) is 20.0 Å². The van der Waals surface area contributed by atoms with Gasteiger partial charge in [-0.25, -0.2) is 14.2 Å². The molecule has 1 aliphatic heterocycles. The molecule has 2 aliphatic rings. The fourth-order valence-corrected chi connectivity index (χ4v) is 4.81. The molecule has 172 valence electrons. The minimum Gasteiger partial charge on any atom is -0.441 e.